The number of thioether (sulfide) groups is 1. The zero-order valence-electron chi connectivity index (χ0n) is 23.4. The first kappa shape index (κ1) is 32.0. The van der Waals surface area contributed by atoms with Gasteiger partial charge in [-0.15, -0.1) is 0 Å². The quantitative estimate of drug-likeness (QED) is 0.0946. The van der Waals surface area contributed by atoms with Crippen molar-refractivity contribution in [1.29, 1.82) is 0 Å². The van der Waals surface area contributed by atoms with Gasteiger partial charge in [-0.25, -0.2) is 16.8 Å². The van der Waals surface area contributed by atoms with Gasteiger partial charge in [-0.05, 0) is 66.6 Å². The number of allylic oxidation sites excluding steroid dienone is 2. The van der Waals surface area contributed by atoms with Crippen molar-refractivity contribution in [3.05, 3.63) is 81.3 Å². The molecule has 0 spiro atoms. The number of aromatic nitrogens is 1. The van der Waals surface area contributed by atoms with Gasteiger partial charge in [-0.2, -0.15) is 4.57 Å². The number of hydrogen-bond donors (Lipinski definition) is 0. The van der Waals surface area contributed by atoms with Crippen LogP contribution in [-0.2, 0) is 26.8 Å². The van der Waals surface area contributed by atoms with Crippen molar-refractivity contribution in [3.8, 4) is 0 Å². The van der Waals surface area contributed by atoms with E-state index in [9.17, 15) is 25.9 Å². The smallest absolute Gasteiger partial charge is 0.263 e. The molecule has 1 aromatic heterocycles. The Kier molecular flexibility index (Phi) is 9.86. The van der Waals surface area contributed by atoms with Crippen molar-refractivity contribution >= 4 is 87.7 Å². The molecule has 0 N–H and O–H groups in total. The van der Waals surface area contributed by atoms with Crippen LogP contribution in [0.3, 0.4) is 0 Å². The summed E-state index contributed by atoms with van der Waals surface area (Å²) < 4.78 is 70.7. The Bertz CT molecular complexity index is 1950. The van der Waals surface area contributed by atoms with Gasteiger partial charge in [0.05, 0.1) is 36.3 Å². The molecule has 0 unspecified atom stereocenters. The maximum absolute atomic E-state index is 11.4. The Morgan fingerprint density at radius 2 is 1.72 bits per heavy atom. The maximum atomic E-state index is 11.4. The summed E-state index contributed by atoms with van der Waals surface area (Å²) in [7, 11) is -8.61. The SMILES string of the molecule is CCC(/C=C1\Sc2ccc(Cl)cc2N1CCCCS(=O)(=O)[O-])=C\c1sc2ccc3ccccc3c2[n+]1CCCS(=O)(=O)[O-]. The molecule has 0 atom stereocenters. The second-order valence-corrected chi connectivity index (χ2v) is 15.8. The molecule has 0 saturated heterocycles. The topological polar surface area (TPSA) is 122 Å². The first-order valence-corrected chi connectivity index (χ1v) is 19.0. The molecule has 8 nitrogen and oxygen atoms in total. The van der Waals surface area contributed by atoms with Gasteiger partial charge in [-0.1, -0.05) is 65.9 Å². The van der Waals surface area contributed by atoms with Gasteiger partial charge >= 0.3 is 0 Å². The highest BCUT2D eigenvalue weighted by atomic mass is 35.5. The van der Waals surface area contributed by atoms with Gasteiger partial charge in [0, 0.05) is 40.5 Å². The third-order valence-corrected chi connectivity index (χ3v) is 11.2. The predicted molar refractivity (Wildman–Crippen MR) is 174 cm³/mol. The molecule has 228 valence electrons. The second-order valence-electron chi connectivity index (χ2n) is 10.2. The van der Waals surface area contributed by atoms with Gasteiger partial charge in [-0.3, -0.25) is 0 Å². The Morgan fingerprint density at radius 1 is 0.977 bits per heavy atom. The molecule has 2 heterocycles. The van der Waals surface area contributed by atoms with Crippen molar-refractivity contribution in [2.45, 2.75) is 44.0 Å². The number of thiazole rings is 1. The Morgan fingerprint density at radius 3 is 2.47 bits per heavy atom. The number of fused-ring (bicyclic) bond motifs is 4. The van der Waals surface area contributed by atoms with Crippen LogP contribution in [0.2, 0.25) is 5.02 Å². The zero-order valence-corrected chi connectivity index (χ0v) is 27.4. The fourth-order valence-electron chi connectivity index (χ4n) is 5.13. The number of aryl methyl sites for hydroxylation is 1. The average Bonchev–Trinajstić information content (AvgIpc) is 3.46. The van der Waals surface area contributed by atoms with Gasteiger partial charge in [0.25, 0.3) is 5.01 Å². The van der Waals surface area contributed by atoms with E-state index >= 15 is 0 Å². The Balaban J connectivity index is 1.53. The fourth-order valence-corrected chi connectivity index (χ4v) is 8.66. The second kappa shape index (κ2) is 13.3. The normalized spacial score (nSPS) is 15.2. The summed E-state index contributed by atoms with van der Waals surface area (Å²) in [6.07, 6.45) is 5.92. The van der Waals surface area contributed by atoms with E-state index in [-0.39, 0.29) is 12.8 Å². The summed E-state index contributed by atoms with van der Waals surface area (Å²) in [5, 5.41) is 4.63. The lowest BCUT2D eigenvalue weighted by atomic mass is 10.1. The molecule has 43 heavy (non-hydrogen) atoms. The number of halogens is 1. The Labute approximate surface area is 265 Å². The molecule has 0 amide bonds. The average molecular weight is 678 g/mol. The van der Waals surface area contributed by atoms with Crippen LogP contribution in [0.15, 0.2) is 76.2 Å². The van der Waals surface area contributed by atoms with Crippen LogP contribution in [0, 0.1) is 0 Å². The first-order valence-electron chi connectivity index (χ1n) is 13.8. The van der Waals surface area contributed by atoms with Crippen molar-refractivity contribution in [2.75, 3.05) is 23.0 Å². The number of unbranched alkanes of at least 4 members (excludes halogenated alkanes) is 1. The highest BCUT2D eigenvalue weighted by Gasteiger charge is 2.26. The molecule has 1 aliphatic rings. The van der Waals surface area contributed by atoms with Gasteiger partial charge in [0.15, 0.2) is 6.54 Å². The molecule has 1 aliphatic heterocycles. The molecule has 5 rings (SSSR count). The molecule has 13 heteroatoms. The van der Waals surface area contributed by atoms with Crippen molar-refractivity contribution < 1.29 is 30.5 Å². The van der Waals surface area contributed by atoms with Crippen LogP contribution in [0.25, 0.3) is 27.1 Å². The minimum absolute atomic E-state index is 0.202. The molecule has 0 bridgehead atoms. The molecule has 0 saturated carbocycles. The lowest BCUT2D eigenvalue weighted by molar-refractivity contribution is -0.667. The van der Waals surface area contributed by atoms with Crippen LogP contribution >= 0.6 is 34.7 Å². The maximum Gasteiger partial charge on any atom is 0.263 e. The lowest BCUT2D eigenvalue weighted by Crippen LogP contribution is -2.36. The monoisotopic (exact) mass is 677 g/mol. The van der Waals surface area contributed by atoms with E-state index in [4.69, 9.17) is 11.6 Å². The molecule has 0 fully saturated rings. The van der Waals surface area contributed by atoms with E-state index in [1.54, 1.807) is 23.1 Å². The largest absolute Gasteiger partial charge is 0.748 e. The highest BCUT2D eigenvalue weighted by molar-refractivity contribution is 8.03. The van der Waals surface area contributed by atoms with Crippen LogP contribution in [-0.4, -0.2) is 44.0 Å². The number of nitrogens with zero attached hydrogens (tertiary/aromatic N) is 2. The number of hydrogen-bond acceptors (Lipinski definition) is 9. The molecular formula is C30H30ClN2O6S4-. The van der Waals surface area contributed by atoms with E-state index in [0.29, 0.717) is 31.0 Å². The van der Waals surface area contributed by atoms with Crippen molar-refractivity contribution in [2.24, 2.45) is 0 Å². The summed E-state index contributed by atoms with van der Waals surface area (Å²) in [5.74, 6) is -0.834. The Hall–Kier alpha value is -2.45. The number of rotatable bonds is 12. The summed E-state index contributed by atoms with van der Waals surface area (Å²) in [4.78, 5) is 3.14. The molecular weight excluding hydrogens is 648 g/mol. The van der Waals surface area contributed by atoms with Crippen LogP contribution in [0.4, 0.5) is 5.69 Å². The standard InChI is InChI=1S/C30H31ClN2O6S4/c1-2-21(18-28-32(14-5-6-16-42(34,35)36)25-20-23(31)11-13-26(25)40-28)19-29-33(15-7-17-43(37,38)39)30-24-9-4-3-8-22(24)10-12-27(30)41-29/h3-4,8-13,18-20H,2,5-7,14-17H2,1H3,(H-,34,35,36,37,38,39)/p-1. The minimum Gasteiger partial charge on any atom is -0.748 e. The van der Waals surface area contributed by atoms with Crippen LogP contribution in [0.1, 0.15) is 37.6 Å². The molecule has 0 aliphatic carbocycles. The molecule has 4 aromatic rings. The van der Waals surface area contributed by atoms with E-state index in [2.05, 4.69) is 46.7 Å². The zero-order chi connectivity index (χ0) is 30.8. The summed E-state index contributed by atoms with van der Waals surface area (Å²) >= 11 is 9.53. The number of anilines is 1. The van der Waals surface area contributed by atoms with E-state index in [0.717, 1.165) is 47.2 Å². The van der Waals surface area contributed by atoms with E-state index in [1.807, 2.05) is 36.4 Å². The van der Waals surface area contributed by atoms with Crippen molar-refractivity contribution in [1.82, 2.24) is 0 Å². The number of benzene rings is 3. The van der Waals surface area contributed by atoms with Crippen LogP contribution < -0.4 is 9.47 Å². The third kappa shape index (κ3) is 7.99. The van der Waals surface area contributed by atoms with E-state index in [1.165, 1.54) is 0 Å². The van der Waals surface area contributed by atoms with Crippen molar-refractivity contribution in [3.63, 3.8) is 0 Å². The lowest BCUT2D eigenvalue weighted by Gasteiger charge is -2.21. The van der Waals surface area contributed by atoms with Gasteiger partial charge in [0.1, 0.15) is 4.70 Å². The summed E-state index contributed by atoms with van der Waals surface area (Å²) in [5.41, 5.74) is 2.98. The van der Waals surface area contributed by atoms with E-state index < -0.39 is 31.7 Å². The summed E-state index contributed by atoms with van der Waals surface area (Å²) in [6.45, 7) is 2.96. The third-order valence-electron chi connectivity index (χ3n) is 7.13. The molecule has 3 aromatic carbocycles. The first-order chi connectivity index (χ1) is 20.4. The minimum atomic E-state index is -4.34. The highest BCUT2D eigenvalue weighted by Crippen LogP contribution is 2.47. The van der Waals surface area contributed by atoms with Crippen LogP contribution in [0.5, 0.6) is 0 Å². The van der Waals surface area contributed by atoms with Gasteiger partial charge < -0.3 is 14.0 Å². The van der Waals surface area contributed by atoms with Gasteiger partial charge in [0.2, 0.25) is 5.52 Å². The summed E-state index contributed by atoms with van der Waals surface area (Å²) in [6, 6.07) is 17.9. The predicted octanol–water partition coefficient (Wildman–Crippen LogP) is 6.50. The molecule has 0 radical (unpaired) electrons. The fraction of sp³-hybridized carbons (Fsp3) is 0.300.